The van der Waals surface area contributed by atoms with Gasteiger partial charge in [-0.15, -0.1) is 4.40 Å². The molecule has 0 unspecified atom stereocenters. The second-order valence-corrected chi connectivity index (χ2v) is 10.8. The van der Waals surface area contributed by atoms with Gasteiger partial charge in [-0.05, 0) is 67.1 Å². The molecule has 0 radical (unpaired) electrons. The normalized spacial score (nSPS) is 17.3. The molecule has 0 fully saturated rings. The summed E-state index contributed by atoms with van der Waals surface area (Å²) < 4.78 is 35.1. The number of amides is 1. The lowest BCUT2D eigenvalue weighted by atomic mass is 9.76. The van der Waals surface area contributed by atoms with Crippen LogP contribution in [0.1, 0.15) is 64.2 Å². The van der Waals surface area contributed by atoms with E-state index in [9.17, 15) is 13.2 Å². The van der Waals surface area contributed by atoms with Gasteiger partial charge in [0, 0.05) is 17.8 Å². The molecule has 35 heavy (non-hydrogen) atoms. The molecule has 2 heterocycles. The number of sulfonamides is 1. The van der Waals surface area contributed by atoms with Gasteiger partial charge >= 0.3 is 0 Å². The van der Waals surface area contributed by atoms with Crippen molar-refractivity contribution in [3.05, 3.63) is 53.1 Å². The quantitative estimate of drug-likeness (QED) is 0.427. The maximum atomic E-state index is 12.7. The van der Waals surface area contributed by atoms with Crippen LogP contribution in [0.3, 0.4) is 0 Å². The van der Waals surface area contributed by atoms with E-state index in [4.69, 9.17) is 4.74 Å². The monoisotopic (exact) mass is 496 g/mol. The molecule has 8 nitrogen and oxygen atoms in total. The summed E-state index contributed by atoms with van der Waals surface area (Å²) in [6.45, 7) is 10.9. The van der Waals surface area contributed by atoms with Gasteiger partial charge in [-0.25, -0.2) is 5.01 Å². The highest BCUT2D eigenvalue weighted by Gasteiger charge is 2.43. The fourth-order valence-corrected chi connectivity index (χ4v) is 5.88. The lowest BCUT2D eigenvalue weighted by Crippen LogP contribution is -2.33. The summed E-state index contributed by atoms with van der Waals surface area (Å²) in [5.74, 6) is 1.09. The fraction of sp³-hybridized carbons (Fsp3) is 0.423. The van der Waals surface area contributed by atoms with Gasteiger partial charge in [0.25, 0.3) is 10.0 Å². The number of carbonyl (C=O) groups is 1. The number of carbonyl (C=O) groups excluding carboxylic acids is 1. The van der Waals surface area contributed by atoms with Gasteiger partial charge < -0.3 is 10.1 Å². The number of rotatable bonds is 8. The molecule has 1 amide bonds. The van der Waals surface area contributed by atoms with Crippen molar-refractivity contribution in [2.24, 2.45) is 15.4 Å². The van der Waals surface area contributed by atoms with Crippen LogP contribution < -0.4 is 10.1 Å². The highest BCUT2D eigenvalue weighted by atomic mass is 32.2. The molecule has 2 aromatic carbocycles. The SMILES string of the molecule is CCOc1ccc2c(c1)C(N(CC(C)C)/N=C/c1ccc3c(c1)C(CC)(CC)C(=O)N3)=NS2(=O)=O. The van der Waals surface area contributed by atoms with Crippen LogP contribution in [0.2, 0.25) is 0 Å². The fourth-order valence-electron chi connectivity index (χ4n) is 4.70. The van der Waals surface area contributed by atoms with Crippen molar-refractivity contribution in [3.63, 3.8) is 0 Å². The van der Waals surface area contributed by atoms with Gasteiger partial charge in [-0.2, -0.15) is 13.5 Å². The smallest absolute Gasteiger partial charge is 0.285 e. The first-order chi connectivity index (χ1) is 16.6. The van der Waals surface area contributed by atoms with E-state index in [0.29, 0.717) is 37.3 Å². The summed E-state index contributed by atoms with van der Waals surface area (Å²) >= 11 is 0. The second kappa shape index (κ2) is 9.45. The Hall–Kier alpha value is -3.20. The van der Waals surface area contributed by atoms with E-state index < -0.39 is 15.4 Å². The molecule has 0 saturated heterocycles. The van der Waals surface area contributed by atoms with E-state index in [-0.39, 0.29) is 22.6 Å². The van der Waals surface area contributed by atoms with E-state index in [1.165, 1.54) is 6.07 Å². The predicted molar refractivity (Wildman–Crippen MR) is 138 cm³/mol. The molecule has 186 valence electrons. The van der Waals surface area contributed by atoms with Crippen molar-refractivity contribution in [3.8, 4) is 5.75 Å². The molecular formula is C26H32N4O4S. The number of amidine groups is 1. The van der Waals surface area contributed by atoms with Crippen molar-refractivity contribution in [1.82, 2.24) is 5.01 Å². The highest BCUT2D eigenvalue weighted by Crippen LogP contribution is 2.43. The predicted octanol–water partition coefficient (Wildman–Crippen LogP) is 4.54. The van der Waals surface area contributed by atoms with Crippen LogP contribution in [-0.4, -0.2) is 44.5 Å². The number of hydrogen-bond acceptors (Lipinski definition) is 6. The molecule has 4 rings (SSSR count). The Morgan fingerprint density at radius 2 is 1.89 bits per heavy atom. The van der Waals surface area contributed by atoms with Crippen LogP contribution in [0, 0.1) is 5.92 Å². The minimum absolute atomic E-state index is 0.0280. The van der Waals surface area contributed by atoms with Crippen LogP contribution >= 0.6 is 0 Å². The van der Waals surface area contributed by atoms with Gasteiger partial charge in [-0.1, -0.05) is 33.8 Å². The van der Waals surface area contributed by atoms with E-state index in [1.54, 1.807) is 23.4 Å². The topological polar surface area (TPSA) is 100 Å². The summed E-state index contributed by atoms with van der Waals surface area (Å²) in [6, 6.07) is 10.7. The Labute approximate surface area is 207 Å². The molecular weight excluding hydrogens is 464 g/mol. The van der Waals surface area contributed by atoms with Crippen molar-refractivity contribution >= 4 is 33.7 Å². The average molecular weight is 497 g/mol. The minimum Gasteiger partial charge on any atom is -0.494 e. The molecule has 0 aromatic heterocycles. The number of fused-ring (bicyclic) bond motifs is 2. The first kappa shape index (κ1) is 24.9. The van der Waals surface area contributed by atoms with Crippen molar-refractivity contribution in [2.75, 3.05) is 18.5 Å². The second-order valence-electron chi connectivity index (χ2n) is 9.25. The highest BCUT2D eigenvalue weighted by molar-refractivity contribution is 7.90. The van der Waals surface area contributed by atoms with Gasteiger partial charge in [0.2, 0.25) is 5.91 Å². The molecule has 9 heteroatoms. The third-order valence-electron chi connectivity index (χ3n) is 6.57. The standard InChI is InChI=1S/C26H32N4O4S/c1-6-26(7-2)21-13-18(9-11-22(21)28-25(26)31)15-27-30(16-17(4)5)24-20-14-19(34-8-3)10-12-23(20)35(32,33)29-24/h9-15,17H,6-8,16H2,1-5H3,(H,28,31)/b27-15+. The Bertz CT molecular complexity index is 1310. The average Bonchev–Trinajstić information content (AvgIpc) is 3.25. The number of hydrazone groups is 1. The number of hydrogen-bond donors (Lipinski definition) is 1. The molecule has 1 N–H and O–H groups in total. The largest absolute Gasteiger partial charge is 0.494 e. The van der Waals surface area contributed by atoms with Gasteiger partial charge in [0.05, 0.1) is 18.2 Å². The molecule has 0 bridgehead atoms. The van der Waals surface area contributed by atoms with E-state index in [1.807, 2.05) is 52.8 Å². The number of benzene rings is 2. The first-order valence-corrected chi connectivity index (χ1v) is 13.5. The van der Waals surface area contributed by atoms with Crippen LogP contribution in [0.25, 0.3) is 0 Å². The maximum Gasteiger partial charge on any atom is 0.285 e. The summed E-state index contributed by atoms with van der Waals surface area (Å²) in [4.78, 5) is 12.9. The summed E-state index contributed by atoms with van der Waals surface area (Å²) in [5.41, 5.74) is 2.56. The number of nitrogens with one attached hydrogen (secondary N) is 1. The molecule has 2 aromatic rings. The zero-order chi connectivity index (χ0) is 25.4. The van der Waals surface area contributed by atoms with Crippen molar-refractivity contribution in [1.29, 1.82) is 0 Å². The van der Waals surface area contributed by atoms with E-state index in [0.717, 1.165) is 16.8 Å². The third-order valence-corrected chi connectivity index (χ3v) is 7.89. The lowest BCUT2D eigenvalue weighted by Gasteiger charge is -2.24. The van der Waals surface area contributed by atoms with E-state index >= 15 is 0 Å². The molecule has 0 saturated carbocycles. The third kappa shape index (κ3) is 4.45. The molecule has 0 spiro atoms. The van der Waals surface area contributed by atoms with Crippen LogP contribution in [0.5, 0.6) is 5.75 Å². The Morgan fingerprint density at radius 3 is 2.54 bits per heavy atom. The van der Waals surface area contributed by atoms with Gasteiger partial charge in [0.1, 0.15) is 10.6 Å². The molecule has 2 aliphatic rings. The van der Waals surface area contributed by atoms with Crippen LogP contribution in [-0.2, 0) is 20.2 Å². The molecule has 2 aliphatic heterocycles. The number of anilines is 1. The Kier molecular flexibility index (Phi) is 6.73. The van der Waals surface area contributed by atoms with Gasteiger partial charge in [-0.3, -0.25) is 4.79 Å². The summed E-state index contributed by atoms with van der Waals surface area (Å²) in [5, 5.41) is 9.30. The van der Waals surface area contributed by atoms with Crippen LogP contribution in [0.4, 0.5) is 5.69 Å². The summed E-state index contributed by atoms with van der Waals surface area (Å²) in [6.07, 6.45) is 3.10. The van der Waals surface area contributed by atoms with Crippen LogP contribution in [0.15, 0.2) is 50.8 Å². The molecule has 0 atom stereocenters. The van der Waals surface area contributed by atoms with E-state index in [2.05, 4.69) is 14.8 Å². The Morgan fingerprint density at radius 1 is 1.14 bits per heavy atom. The number of ether oxygens (including phenoxy) is 1. The zero-order valence-corrected chi connectivity index (χ0v) is 21.6. The molecule has 0 aliphatic carbocycles. The zero-order valence-electron chi connectivity index (χ0n) is 20.8. The maximum absolute atomic E-state index is 12.7. The Balaban J connectivity index is 1.73. The first-order valence-electron chi connectivity index (χ1n) is 12.0. The summed E-state index contributed by atoms with van der Waals surface area (Å²) in [7, 11) is -3.82. The van der Waals surface area contributed by atoms with Crippen molar-refractivity contribution < 1.29 is 17.9 Å². The minimum atomic E-state index is -3.82. The lowest BCUT2D eigenvalue weighted by molar-refractivity contribution is -0.121. The van der Waals surface area contributed by atoms with Gasteiger partial charge in [0.15, 0.2) is 5.84 Å². The van der Waals surface area contributed by atoms with Crippen molar-refractivity contribution in [2.45, 2.75) is 57.8 Å². The number of nitrogens with zero attached hydrogens (tertiary/aromatic N) is 3.